The number of piperazine rings is 1. The van der Waals surface area contributed by atoms with Crippen LogP contribution in [0.3, 0.4) is 0 Å². The van der Waals surface area contributed by atoms with Gasteiger partial charge in [0, 0.05) is 55.9 Å². The standard InChI is InChI=1S/C24H31FN4O4/c25-19-13-16(1-2-17(19)18-3-4-20(30)26-21(18)31)29-11-9-28(10-12-29)15-23-5-7-24(14-23,8-6-23)27-22(32)33/h1-2,13,18,27H,3-12,14-15H2,(H,32,33)(H,26,30,31). The second-order valence-corrected chi connectivity index (χ2v) is 10.4. The van der Waals surface area contributed by atoms with Crippen LogP contribution in [-0.4, -0.2) is 66.2 Å². The smallest absolute Gasteiger partial charge is 0.405 e. The third-order valence-corrected chi connectivity index (χ3v) is 8.25. The Kier molecular flexibility index (Phi) is 5.55. The van der Waals surface area contributed by atoms with Crippen LogP contribution in [0.25, 0.3) is 0 Å². The van der Waals surface area contributed by atoms with Crippen molar-refractivity contribution in [2.45, 2.75) is 56.4 Å². The molecule has 2 saturated heterocycles. The van der Waals surface area contributed by atoms with Crippen LogP contribution in [0.4, 0.5) is 14.9 Å². The van der Waals surface area contributed by atoms with Gasteiger partial charge >= 0.3 is 6.09 Å². The highest BCUT2D eigenvalue weighted by Gasteiger charge is 2.55. The Morgan fingerprint density at radius 3 is 2.52 bits per heavy atom. The van der Waals surface area contributed by atoms with Crippen molar-refractivity contribution in [1.82, 2.24) is 15.5 Å². The van der Waals surface area contributed by atoms with Crippen molar-refractivity contribution in [3.05, 3.63) is 29.6 Å². The van der Waals surface area contributed by atoms with E-state index in [9.17, 15) is 23.9 Å². The maximum absolute atomic E-state index is 14.9. The number of hydrogen-bond donors (Lipinski definition) is 3. The van der Waals surface area contributed by atoms with Gasteiger partial charge in [0.25, 0.3) is 0 Å². The molecule has 5 rings (SSSR count). The average molecular weight is 459 g/mol. The monoisotopic (exact) mass is 458 g/mol. The molecule has 0 radical (unpaired) electrons. The number of halogens is 1. The van der Waals surface area contributed by atoms with E-state index in [0.29, 0.717) is 12.0 Å². The molecule has 2 bridgehead atoms. The van der Waals surface area contributed by atoms with Gasteiger partial charge in [-0.2, -0.15) is 0 Å². The number of hydrogen-bond acceptors (Lipinski definition) is 5. The summed E-state index contributed by atoms with van der Waals surface area (Å²) in [4.78, 5) is 39.3. The molecule has 9 heteroatoms. The first-order valence-electron chi connectivity index (χ1n) is 11.9. The molecule has 0 aromatic heterocycles. The van der Waals surface area contributed by atoms with Crippen LogP contribution in [-0.2, 0) is 9.59 Å². The largest absolute Gasteiger partial charge is 0.465 e. The number of carboxylic acid groups (broad SMARTS) is 1. The summed E-state index contributed by atoms with van der Waals surface area (Å²) in [6.07, 6.45) is 4.58. The van der Waals surface area contributed by atoms with E-state index in [1.165, 1.54) is 6.07 Å². The number of benzene rings is 1. The topological polar surface area (TPSA) is 102 Å². The van der Waals surface area contributed by atoms with Gasteiger partial charge in [-0.05, 0) is 56.1 Å². The van der Waals surface area contributed by atoms with Gasteiger partial charge in [0.1, 0.15) is 5.82 Å². The summed E-state index contributed by atoms with van der Waals surface area (Å²) in [7, 11) is 0. The molecule has 2 aliphatic heterocycles. The molecular weight excluding hydrogens is 427 g/mol. The fourth-order valence-corrected chi connectivity index (χ4v) is 6.56. The van der Waals surface area contributed by atoms with Gasteiger partial charge in [-0.15, -0.1) is 0 Å². The summed E-state index contributed by atoms with van der Waals surface area (Å²) in [5.74, 6) is -1.74. The average Bonchev–Trinajstić information content (AvgIpc) is 3.29. The first-order chi connectivity index (χ1) is 15.8. The van der Waals surface area contributed by atoms with Gasteiger partial charge in [0.05, 0.1) is 5.92 Å². The lowest BCUT2D eigenvalue weighted by Crippen LogP contribution is -2.49. The summed E-state index contributed by atoms with van der Waals surface area (Å²) in [6.45, 7) is 4.36. The number of nitrogens with one attached hydrogen (secondary N) is 2. The van der Waals surface area contributed by atoms with Crippen LogP contribution in [0.5, 0.6) is 0 Å². The van der Waals surface area contributed by atoms with E-state index >= 15 is 0 Å². The van der Waals surface area contributed by atoms with Crippen LogP contribution < -0.4 is 15.5 Å². The number of amides is 3. The minimum Gasteiger partial charge on any atom is -0.465 e. The number of carbonyl (C=O) groups excluding carboxylic acids is 2. The van der Waals surface area contributed by atoms with E-state index in [0.717, 1.165) is 70.5 Å². The van der Waals surface area contributed by atoms with E-state index in [1.54, 1.807) is 6.07 Å². The van der Waals surface area contributed by atoms with Crippen molar-refractivity contribution in [3.8, 4) is 0 Å². The van der Waals surface area contributed by atoms with Crippen molar-refractivity contribution in [1.29, 1.82) is 0 Å². The van der Waals surface area contributed by atoms with Crippen LogP contribution >= 0.6 is 0 Å². The number of fused-ring (bicyclic) bond motifs is 2. The molecule has 1 atom stereocenters. The number of carbonyl (C=O) groups is 3. The van der Waals surface area contributed by atoms with E-state index in [2.05, 4.69) is 20.4 Å². The molecule has 3 amide bonds. The number of imide groups is 1. The SMILES string of the molecule is O=C(O)NC12CCC(CN3CCN(c4ccc(C5CCC(=O)NC5=O)c(F)c4)CC3)(CC1)C2. The molecule has 2 saturated carbocycles. The zero-order chi connectivity index (χ0) is 23.2. The second-order valence-electron chi connectivity index (χ2n) is 10.4. The quantitative estimate of drug-likeness (QED) is 0.586. The van der Waals surface area contributed by atoms with Gasteiger partial charge in [-0.3, -0.25) is 19.8 Å². The van der Waals surface area contributed by atoms with Crippen LogP contribution in [0.1, 0.15) is 56.4 Å². The molecule has 2 aliphatic carbocycles. The third kappa shape index (κ3) is 4.30. The van der Waals surface area contributed by atoms with Gasteiger partial charge < -0.3 is 15.3 Å². The Bertz CT molecular complexity index is 967. The molecule has 178 valence electrons. The van der Waals surface area contributed by atoms with Gasteiger partial charge in [-0.1, -0.05) is 6.07 Å². The van der Waals surface area contributed by atoms with Crippen molar-refractivity contribution < 1.29 is 23.9 Å². The third-order valence-electron chi connectivity index (χ3n) is 8.25. The first-order valence-corrected chi connectivity index (χ1v) is 11.9. The Hall–Kier alpha value is -2.68. The van der Waals surface area contributed by atoms with E-state index in [4.69, 9.17) is 0 Å². The van der Waals surface area contributed by atoms with Crippen LogP contribution in [0.15, 0.2) is 18.2 Å². The molecule has 1 aromatic rings. The maximum atomic E-state index is 14.9. The predicted octanol–water partition coefficient (Wildman–Crippen LogP) is 2.44. The van der Waals surface area contributed by atoms with Crippen LogP contribution in [0, 0.1) is 11.2 Å². The van der Waals surface area contributed by atoms with Gasteiger partial charge in [-0.25, -0.2) is 9.18 Å². The highest BCUT2D eigenvalue weighted by molar-refractivity contribution is 6.01. The summed E-state index contributed by atoms with van der Waals surface area (Å²) in [5.41, 5.74) is 1.14. The highest BCUT2D eigenvalue weighted by atomic mass is 19.1. The summed E-state index contributed by atoms with van der Waals surface area (Å²) >= 11 is 0. The maximum Gasteiger partial charge on any atom is 0.405 e. The fourth-order valence-electron chi connectivity index (χ4n) is 6.56. The van der Waals surface area contributed by atoms with Crippen molar-refractivity contribution >= 4 is 23.6 Å². The molecule has 1 unspecified atom stereocenters. The Morgan fingerprint density at radius 1 is 1.15 bits per heavy atom. The number of nitrogens with zero attached hydrogens (tertiary/aromatic N) is 2. The molecule has 3 N–H and O–H groups in total. The molecule has 0 spiro atoms. The van der Waals surface area contributed by atoms with E-state index < -0.39 is 23.7 Å². The molecular formula is C24H31FN4O4. The van der Waals surface area contributed by atoms with Crippen LogP contribution in [0.2, 0.25) is 0 Å². The van der Waals surface area contributed by atoms with E-state index in [1.807, 2.05) is 6.07 Å². The highest BCUT2D eigenvalue weighted by Crippen LogP contribution is 2.56. The first kappa shape index (κ1) is 22.1. The summed E-state index contributed by atoms with van der Waals surface area (Å²) in [5, 5.41) is 14.3. The van der Waals surface area contributed by atoms with E-state index in [-0.39, 0.29) is 23.3 Å². The molecule has 2 heterocycles. The van der Waals surface area contributed by atoms with Crippen molar-refractivity contribution in [2.75, 3.05) is 37.6 Å². The molecule has 4 fully saturated rings. The summed E-state index contributed by atoms with van der Waals surface area (Å²) in [6, 6.07) is 5.06. The minimum absolute atomic E-state index is 0.209. The lowest BCUT2D eigenvalue weighted by Gasteiger charge is -2.40. The normalized spacial score (nSPS) is 32.2. The predicted molar refractivity (Wildman–Crippen MR) is 120 cm³/mol. The molecule has 4 aliphatic rings. The molecule has 8 nitrogen and oxygen atoms in total. The van der Waals surface area contributed by atoms with Crippen molar-refractivity contribution in [2.24, 2.45) is 5.41 Å². The zero-order valence-electron chi connectivity index (χ0n) is 18.7. The Labute approximate surface area is 192 Å². The number of rotatable bonds is 5. The molecule has 33 heavy (non-hydrogen) atoms. The number of piperidine rings is 1. The zero-order valence-corrected chi connectivity index (χ0v) is 18.7. The lowest BCUT2D eigenvalue weighted by molar-refractivity contribution is -0.134. The summed E-state index contributed by atoms with van der Waals surface area (Å²) < 4.78 is 14.9. The fraction of sp³-hybridized carbons (Fsp3) is 0.625. The minimum atomic E-state index is -0.919. The Morgan fingerprint density at radius 2 is 1.88 bits per heavy atom. The second kappa shape index (κ2) is 8.27. The van der Waals surface area contributed by atoms with Gasteiger partial charge in [0.15, 0.2) is 0 Å². The van der Waals surface area contributed by atoms with Gasteiger partial charge in [0.2, 0.25) is 11.8 Å². The Balaban J connectivity index is 1.17. The number of anilines is 1. The molecule has 1 aromatic carbocycles. The lowest BCUT2D eigenvalue weighted by atomic mass is 9.83. The van der Waals surface area contributed by atoms with Crippen molar-refractivity contribution in [3.63, 3.8) is 0 Å².